The Kier molecular flexibility index (Phi) is 11.1. The van der Waals surface area contributed by atoms with Crippen LogP contribution in [0.25, 0.3) is 0 Å². The number of benzene rings is 1. The molecule has 40 heavy (non-hydrogen) atoms. The highest BCUT2D eigenvalue weighted by molar-refractivity contribution is 6.30. The number of methoxy groups -OCH3 is 1. The molecule has 3 aliphatic rings. The highest BCUT2D eigenvalue weighted by atomic mass is 35.5. The fourth-order valence-electron chi connectivity index (χ4n) is 6.01. The molecule has 2 saturated heterocycles. The predicted octanol–water partition coefficient (Wildman–Crippen LogP) is 3.04. The van der Waals surface area contributed by atoms with Crippen molar-refractivity contribution >= 4 is 41.1 Å². The summed E-state index contributed by atoms with van der Waals surface area (Å²) in [6, 6.07) is 7.28. The van der Waals surface area contributed by atoms with Crippen LogP contribution < -0.4 is 15.5 Å². The average Bonchev–Trinajstić information content (AvgIpc) is 2.96. The molecule has 1 saturated carbocycles. The van der Waals surface area contributed by atoms with Crippen LogP contribution in [0.3, 0.4) is 0 Å². The number of esters is 1. The largest absolute Gasteiger partial charge is 0.469 e. The van der Waals surface area contributed by atoms with E-state index in [2.05, 4.69) is 26.5 Å². The van der Waals surface area contributed by atoms with Gasteiger partial charge >= 0.3 is 12.0 Å². The number of urea groups is 1. The molecule has 1 aromatic carbocycles. The van der Waals surface area contributed by atoms with E-state index in [0.717, 1.165) is 50.6 Å². The topological polar surface area (TPSA) is 111 Å². The first-order valence-electron chi connectivity index (χ1n) is 14.5. The summed E-state index contributed by atoms with van der Waals surface area (Å²) in [6.45, 7) is 5.89. The number of unbranched alkanes of at least 4 members (excludes halogenated alkanes) is 2. The number of fused-ring (bicyclic) bond motifs is 1. The molecular formula is C29H42ClN5O5. The second kappa shape index (κ2) is 14.7. The van der Waals surface area contributed by atoms with E-state index in [1.165, 1.54) is 17.7 Å². The smallest absolute Gasteiger partial charge is 0.324 e. The molecule has 0 aromatic heterocycles. The summed E-state index contributed by atoms with van der Waals surface area (Å²) in [4.78, 5) is 55.6. The van der Waals surface area contributed by atoms with Crippen LogP contribution in [-0.2, 0) is 19.1 Å². The van der Waals surface area contributed by atoms with E-state index >= 15 is 0 Å². The van der Waals surface area contributed by atoms with E-state index < -0.39 is 0 Å². The lowest BCUT2D eigenvalue weighted by Gasteiger charge is -2.41. The molecular weight excluding hydrogens is 534 g/mol. The Morgan fingerprint density at radius 3 is 2.60 bits per heavy atom. The maximum atomic E-state index is 12.9. The van der Waals surface area contributed by atoms with Crippen molar-refractivity contribution in [3.8, 4) is 0 Å². The Morgan fingerprint density at radius 2 is 1.85 bits per heavy atom. The van der Waals surface area contributed by atoms with Crippen LogP contribution in [-0.4, -0.2) is 92.6 Å². The highest BCUT2D eigenvalue weighted by Gasteiger charge is 2.45. The van der Waals surface area contributed by atoms with Crippen molar-refractivity contribution in [1.82, 2.24) is 20.4 Å². The maximum Gasteiger partial charge on any atom is 0.324 e. The van der Waals surface area contributed by atoms with Crippen molar-refractivity contribution in [2.24, 2.45) is 11.8 Å². The van der Waals surface area contributed by atoms with Crippen LogP contribution in [0.4, 0.5) is 10.5 Å². The normalized spacial score (nSPS) is 23.4. The summed E-state index contributed by atoms with van der Waals surface area (Å²) in [5, 5.41) is 6.69. The fourth-order valence-corrected chi connectivity index (χ4v) is 6.19. The predicted molar refractivity (Wildman–Crippen MR) is 153 cm³/mol. The molecule has 3 atom stereocenters. The molecule has 3 unspecified atom stereocenters. The summed E-state index contributed by atoms with van der Waals surface area (Å²) in [6.07, 6.45) is 5.11. The van der Waals surface area contributed by atoms with Gasteiger partial charge in [-0.1, -0.05) is 24.1 Å². The first kappa shape index (κ1) is 30.1. The second-order valence-corrected chi connectivity index (χ2v) is 11.4. The monoisotopic (exact) mass is 575 g/mol. The second-order valence-electron chi connectivity index (χ2n) is 11.0. The molecule has 11 heteroatoms. The zero-order valence-corrected chi connectivity index (χ0v) is 24.2. The number of piperazine rings is 1. The third-order valence-electron chi connectivity index (χ3n) is 8.33. The molecule has 2 heterocycles. The first-order valence-corrected chi connectivity index (χ1v) is 14.9. The van der Waals surface area contributed by atoms with E-state index in [9.17, 15) is 19.2 Å². The van der Waals surface area contributed by atoms with Gasteiger partial charge in [0, 0.05) is 62.4 Å². The lowest BCUT2D eigenvalue weighted by molar-refractivity contribution is -0.149. The van der Waals surface area contributed by atoms with Gasteiger partial charge in [-0.2, -0.15) is 0 Å². The Balaban J connectivity index is 1.04. The zero-order valence-electron chi connectivity index (χ0n) is 23.4. The number of halogens is 1. The van der Waals surface area contributed by atoms with Crippen LogP contribution in [0.5, 0.6) is 0 Å². The van der Waals surface area contributed by atoms with Crippen LogP contribution in [0.2, 0.25) is 5.02 Å². The Hall–Kier alpha value is -2.85. The van der Waals surface area contributed by atoms with E-state index in [4.69, 9.17) is 16.3 Å². The van der Waals surface area contributed by atoms with Gasteiger partial charge in [-0.05, 0) is 63.3 Å². The molecule has 4 amide bonds. The number of hydrogen-bond acceptors (Lipinski definition) is 7. The van der Waals surface area contributed by atoms with Gasteiger partial charge in [0.25, 0.3) is 0 Å². The SMILES string of the molecule is COC(=O)C1CCC2C(=O)N(CCCCCC(=O)NCCCN3CCN(c4cccc(Cl)c4)CC3)C(=O)NC2C1. The summed E-state index contributed by atoms with van der Waals surface area (Å²) < 4.78 is 4.83. The van der Waals surface area contributed by atoms with Gasteiger partial charge in [-0.25, -0.2) is 4.79 Å². The first-order chi connectivity index (χ1) is 19.4. The Labute approximate surface area is 241 Å². The Bertz CT molecular complexity index is 1050. The Morgan fingerprint density at radius 1 is 1.05 bits per heavy atom. The number of hydrogen-bond donors (Lipinski definition) is 2. The van der Waals surface area contributed by atoms with E-state index in [-0.39, 0.29) is 41.7 Å². The maximum absolute atomic E-state index is 12.9. The quantitative estimate of drug-likeness (QED) is 0.291. The molecule has 0 spiro atoms. The van der Waals surface area contributed by atoms with Gasteiger partial charge in [0.2, 0.25) is 11.8 Å². The number of nitrogens with zero attached hydrogens (tertiary/aromatic N) is 3. The van der Waals surface area contributed by atoms with Gasteiger partial charge in [0.15, 0.2) is 0 Å². The number of carbonyl (C=O) groups excluding carboxylic acids is 4. The van der Waals surface area contributed by atoms with Crippen molar-refractivity contribution in [2.45, 2.75) is 57.4 Å². The number of anilines is 1. The third-order valence-corrected chi connectivity index (χ3v) is 8.56. The molecule has 3 fully saturated rings. The number of nitrogens with one attached hydrogen (secondary N) is 2. The molecule has 0 radical (unpaired) electrons. The van der Waals surface area contributed by atoms with Gasteiger partial charge in [0.1, 0.15) is 0 Å². The fraction of sp³-hybridized carbons (Fsp3) is 0.655. The standard InChI is InChI=1S/C29H42ClN5O5/c1-40-28(38)21-10-11-24-25(19-21)32-29(39)35(27(24)37)14-4-2-3-9-26(36)31-12-6-13-33-15-17-34(18-16-33)23-8-5-7-22(30)20-23/h5,7-8,20-21,24-25H,2-4,6,9-19H2,1H3,(H,31,36)(H,32,39). The zero-order chi connectivity index (χ0) is 28.5. The number of amides is 4. The molecule has 2 N–H and O–H groups in total. The average molecular weight is 576 g/mol. The van der Waals surface area contributed by atoms with Crippen LogP contribution in [0.1, 0.15) is 51.4 Å². The minimum atomic E-state index is -0.389. The lowest BCUT2D eigenvalue weighted by Crippen LogP contribution is -2.61. The van der Waals surface area contributed by atoms with E-state index in [1.54, 1.807) is 0 Å². The van der Waals surface area contributed by atoms with Crippen molar-refractivity contribution in [3.63, 3.8) is 0 Å². The minimum Gasteiger partial charge on any atom is -0.469 e. The number of rotatable bonds is 12. The molecule has 2 aliphatic heterocycles. The van der Waals surface area contributed by atoms with Gasteiger partial charge < -0.3 is 20.3 Å². The number of imide groups is 1. The van der Waals surface area contributed by atoms with Crippen molar-refractivity contribution in [3.05, 3.63) is 29.3 Å². The van der Waals surface area contributed by atoms with Gasteiger partial charge in [-0.15, -0.1) is 0 Å². The summed E-state index contributed by atoms with van der Waals surface area (Å²) in [5.74, 6) is -0.941. The van der Waals surface area contributed by atoms with Crippen LogP contribution in [0.15, 0.2) is 24.3 Å². The summed E-state index contributed by atoms with van der Waals surface area (Å²) in [7, 11) is 1.36. The van der Waals surface area contributed by atoms with Crippen molar-refractivity contribution < 1.29 is 23.9 Å². The van der Waals surface area contributed by atoms with E-state index in [0.29, 0.717) is 51.6 Å². The van der Waals surface area contributed by atoms with Gasteiger partial charge in [-0.3, -0.25) is 24.2 Å². The molecule has 0 bridgehead atoms. The minimum absolute atomic E-state index is 0.0442. The third kappa shape index (κ3) is 8.10. The van der Waals surface area contributed by atoms with Crippen molar-refractivity contribution in [1.29, 1.82) is 0 Å². The molecule has 1 aromatic rings. The summed E-state index contributed by atoms with van der Waals surface area (Å²) >= 11 is 6.12. The molecule has 10 nitrogen and oxygen atoms in total. The number of carbonyl (C=O) groups is 4. The lowest BCUT2D eigenvalue weighted by atomic mass is 9.76. The highest BCUT2D eigenvalue weighted by Crippen LogP contribution is 2.33. The number of ether oxygens (including phenoxy) is 1. The van der Waals surface area contributed by atoms with Crippen LogP contribution >= 0.6 is 11.6 Å². The van der Waals surface area contributed by atoms with E-state index in [1.807, 2.05) is 18.2 Å². The van der Waals surface area contributed by atoms with Crippen molar-refractivity contribution in [2.75, 3.05) is 57.8 Å². The molecule has 220 valence electrons. The van der Waals surface area contributed by atoms with Gasteiger partial charge in [0.05, 0.1) is 18.9 Å². The molecule has 1 aliphatic carbocycles. The summed E-state index contributed by atoms with van der Waals surface area (Å²) in [5.41, 5.74) is 1.17. The van der Waals surface area contributed by atoms with Crippen LogP contribution in [0, 0.1) is 11.8 Å². The molecule has 4 rings (SSSR count).